The number of alkyl halides is 3. The Hall–Kier alpha value is -2.54. The van der Waals surface area contributed by atoms with E-state index in [4.69, 9.17) is 11.6 Å². The number of amides is 2. The summed E-state index contributed by atoms with van der Waals surface area (Å²) in [5.41, 5.74) is 1.93. The van der Waals surface area contributed by atoms with Crippen LogP contribution in [0.4, 0.5) is 18.9 Å². The molecular formula is C20H20ClF3N2O2. The smallest absolute Gasteiger partial charge is 0.331 e. The van der Waals surface area contributed by atoms with E-state index in [1.54, 1.807) is 36.4 Å². The zero-order valence-corrected chi connectivity index (χ0v) is 16.0. The van der Waals surface area contributed by atoms with Crippen molar-refractivity contribution in [1.29, 1.82) is 0 Å². The Balaban J connectivity index is 1.95. The molecule has 8 heteroatoms. The van der Waals surface area contributed by atoms with Gasteiger partial charge in [-0.25, -0.2) is 0 Å². The Labute approximate surface area is 166 Å². The first-order valence-electron chi connectivity index (χ1n) is 8.68. The van der Waals surface area contributed by atoms with Gasteiger partial charge >= 0.3 is 12.1 Å². The summed E-state index contributed by atoms with van der Waals surface area (Å²) in [7, 11) is 0. The predicted octanol–water partition coefficient (Wildman–Crippen LogP) is 4.82. The van der Waals surface area contributed by atoms with E-state index in [0.29, 0.717) is 27.6 Å². The highest BCUT2D eigenvalue weighted by atomic mass is 35.5. The number of hydrogen-bond acceptors (Lipinski definition) is 2. The molecule has 1 N–H and O–H groups in total. The monoisotopic (exact) mass is 412 g/mol. The number of hydrogen-bond donors (Lipinski definition) is 1. The van der Waals surface area contributed by atoms with Gasteiger partial charge in [0.25, 0.3) is 0 Å². The molecule has 2 amide bonds. The molecule has 0 saturated carbocycles. The van der Waals surface area contributed by atoms with Crippen molar-refractivity contribution in [2.45, 2.75) is 32.5 Å². The number of nitrogens with zero attached hydrogens (tertiary/aromatic N) is 1. The lowest BCUT2D eigenvalue weighted by atomic mass is 10.1. The molecule has 0 fully saturated rings. The predicted molar refractivity (Wildman–Crippen MR) is 102 cm³/mol. The van der Waals surface area contributed by atoms with E-state index in [0.717, 1.165) is 5.56 Å². The van der Waals surface area contributed by atoms with Crippen LogP contribution in [0, 0.1) is 0 Å². The summed E-state index contributed by atoms with van der Waals surface area (Å²) >= 11 is 5.82. The Morgan fingerprint density at radius 2 is 1.75 bits per heavy atom. The highest BCUT2D eigenvalue weighted by Gasteiger charge is 2.41. The molecule has 0 saturated heterocycles. The fraction of sp³-hybridized carbons (Fsp3) is 0.300. The Morgan fingerprint density at radius 3 is 2.36 bits per heavy atom. The average Bonchev–Trinajstić information content (AvgIpc) is 2.64. The highest BCUT2D eigenvalue weighted by Crippen LogP contribution is 2.21. The molecule has 0 radical (unpaired) electrons. The van der Waals surface area contributed by atoms with Gasteiger partial charge < -0.3 is 10.2 Å². The number of carbonyl (C=O) groups excluding carboxylic acids is 2. The van der Waals surface area contributed by atoms with Crippen molar-refractivity contribution in [3.05, 3.63) is 64.7 Å². The van der Waals surface area contributed by atoms with E-state index < -0.39 is 12.1 Å². The van der Waals surface area contributed by atoms with Crippen molar-refractivity contribution in [1.82, 2.24) is 4.90 Å². The summed E-state index contributed by atoms with van der Waals surface area (Å²) in [6.07, 6.45) is -4.13. The molecule has 2 aromatic carbocycles. The lowest BCUT2D eigenvalue weighted by Gasteiger charge is -2.22. The highest BCUT2D eigenvalue weighted by molar-refractivity contribution is 6.30. The summed E-state index contributed by atoms with van der Waals surface area (Å²) in [5, 5.41) is 3.34. The number of nitrogens with one attached hydrogen (secondary N) is 1. The summed E-state index contributed by atoms with van der Waals surface area (Å²) < 4.78 is 37.9. The van der Waals surface area contributed by atoms with Crippen molar-refractivity contribution in [3.8, 4) is 0 Å². The summed E-state index contributed by atoms with van der Waals surface area (Å²) in [4.78, 5) is 24.3. The minimum atomic E-state index is -4.91. The molecule has 28 heavy (non-hydrogen) atoms. The van der Waals surface area contributed by atoms with Crippen LogP contribution in [0.3, 0.4) is 0 Å². The zero-order valence-electron chi connectivity index (χ0n) is 15.2. The Morgan fingerprint density at radius 1 is 1.07 bits per heavy atom. The molecule has 0 heterocycles. The molecule has 0 spiro atoms. The molecular weight excluding hydrogens is 393 g/mol. The summed E-state index contributed by atoms with van der Waals surface area (Å²) in [6.45, 7) is 1.21. The quantitative estimate of drug-likeness (QED) is 0.708. The van der Waals surface area contributed by atoms with E-state index in [2.05, 4.69) is 5.32 Å². The van der Waals surface area contributed by atoms with E-state index >= 15 is 0 Å². The molecule has 0 aromatic heterocycles. The topological polar surface area (TPSA) is 49.4 Å². The maximum atomic E-state index is 12.6. The molecule has 0 bridgehead atoms. The maximum absolute atomic E-state index is 12.6. The van der Waals surface area contributed by atoms with Gasteiger partial charge in [0, 0.05) is 30.2 Å². The largest absolute Gasteiger partial charge is 0.471 e. The number of rotatable bonds is 7. The molecule has 4 nitrogen and oxygen atoms in total. The van der Waals surface area contributed by atoms with Crippen LogP contribution in [0.2, 0.25) is 5.02 Å². The third-order valence-electron chi connectivity index (χ3n) is 4.05. The Bertz CT molecular complexity index is 823. The van der Waals surface area contributed by atoms with Crippen molar-refractivity contribution in [2.75, 3.05) is 11.9 Å². The first-order valence-corrected chi connectivity index (χ1v) is 9.06. The second-order valence-corrected chi connectivity index (χ2v) is 6.63. The van der Waals surface area contributed by atoms with Gasteiger partial charge in [0.2, 0.25) is 5.91 Å². The van der Waals surface area contributed by atoms with Gasteiger partial charge in [0.15, 0.2) is 0 Å². The minimum Gasteiger partial charge on any atom is -0.331 e. The number of carbonyl (C=O) groups is 2. The molecule has 150 valence electrons. The normalized spacial score (nSPS) is 11.2. The van der Waals surface area contributed by atoms with Crippen molar-refractivity contribution in [2.24, 2.45) is 0 Å². The van der Waals surface area contributed by atoms with Crippen molar-refractivity contribution >= 4 is 29.1 Å². The number of benzene rings is 2. The van der Waals surface area contributed by atoms with Crippen molar-refractivity contribution in [3.63, 3.8) is 0 Å². The fourth-order valence-electron chi connectivity index (χ4n) is 2.61. The van der Waals surface area contributed by atoms with Crippen LogP contribution in [0.1, 0.15) is 24.5 Å². The van der Waals surface area contributed by atoms with Gasteiger partial charge in [-0.3, -0.25) is 9.59 Å². The molecule has 2 aromatic rings. The standard InChI is InChI=1S/C20H20ClF3N2O2/c1-2-26(19(28)20(22,23)24)13-15-4-3-5-17(12-15)25-18(27)11-8-14-6-9-16(21)10-7-14/h3-7,9-10,12H,2,8,11,13H2,1H3,(H,25,27). The number of aryl methyl sites for hydroxylation is 1. The molecule has 0 unspecified atom stereocenters. The lowest BCUT2D eigenvalue weighted by molar-refractivity contribution is -0.185. The van der Waals surface area contributed by atoms with E-state index in [-0.39, 0.29) is 25.4 Å². The van der Waals surface area contributed by atoms with Crippen LogP contribution < -0.4 is 5.32 Å². The second-order valence-electron chi connectivity index (χ2n) is 6.19. The van der Waals surface area contributed by atoms with Crippen LogP contribution in [-0.4, -0.2) is 29.4 Å². The first-order chi connectivity index (χ1) is 13.2. The van der Waals surface area contributed by atoms with Gasteiger partial charge in [0.1, 0.15) is 0 Å². The van der Waals surface area contributed by atoms with E-state index in [9.17, 15) is 22.8 Å². The van der Waals surface area contributed by atoms with Crippen LogP contribution in [0.25, 0.3) is 0 Å². The van der Waals surface area contributed by atoms with Crippen molar-refractivity contribution < 1.29 is 22.8 Å². The lowest BCUT2D eigenvalue weighted by Crippen LogP contribution is -2.40. The summed E-state index contributed by atoms with van der Waals surface area (Å²) in [6, 6.07) is 13.6. The molecule has 2 rings (SSSR count). The van der Waals surface area contributed by atoms with Gasteiger partial charge in [0.05, 0.1) is 0 Å². The fourth-order valence-corrected chi connectivity index (χ4v) is 2.73. The van der Waals surface area contributed by atoms with Crippen LogP contribution in [-0.2, 0) is 22.6 Å². The van der Waals surface area contributed by atoms with Crippen LogP contribution in [0.15, 0.2) is 48.5 Å². The average molecular weight is 413 g/mol. The van der Waals surface area contributed by atoms with Gasteiger partial charge in [-0.15, -0.1) is 0 Å². The van der Waals surface area contributed by atoms with Crippen LogP contribution >= 0.6 is 11.6 Å². The molecule has 0 aliphatic carbocycles. The second kappa shape index (κ2) is 9.59. The molecule has 0 aliphatic rings. The molecule has 0 atom stereocenters. The first kappa shape index (κ1) is 21.8. The SMILES string of the molecule is CCN(Cc1cccc(NC(=O)CCc2ccc(Cl)cc2)c1)C(=O)C(F)(F)F. The Kier molecular flexibility index (Phi) is 7.45. The number of halogens is 4. The third-order valence-corrected chi connectivity index (χ3v) is 4.30. The third kappa shape index (κ3) is 6.56. The zero-order chi connectivity index (χ0) is 20.7. The van der Waals surface area contributed by atoms with Gasteiger partial charge in [-0.2, -0.15) is 13.2 Å². The van der Waals surface area contributed by atoms with E-state index in [1.807, 2.05) is 12.1 Å². The number of anilines is 1. The maximum Gasteiger partial charge on any atom is 0.471 e. The minimum absolute atomic E-state index is 0.0734. The molecule has 0 aliphatic heterocycles. The van der Waals surface area contributed by atoms with Gasteiger partial charge in [-0.1, -0.05) is 35.9 Å². The van der Waals surface area contributed by atoms with Gasteiger partial charge in [-0.05, 0) is 48.7 Å². The van der Waals surface area contributed by atoms with E-state index in [1.165, 1.54) is 6.92 Å². The summed E-state index contributed by atoms with van der Waals surface area (Å²) in [5.74, 6) is -2.10. The van der Waals surface area contributed by atoms with Crippen LogP contribution in [0.5, 0.6) is 0 Å².